The van der Waals surface area contributed by atoms with Gasteiger partial charge in [-0.05, 0) is 75.3 Å². The van der Waals surface area contributed by atoms with E-state index in [2.05, 4.69) is 11.1 Å². The van der Waals surface area contributed by atoms with E-state index in [-0.39, 0.29) is 11.4 Å². The Morgan fingerprint density at radius 3 is 2.44 bits per heavy atom. The van der Waals surface area contributed by atoms with E-state index < -0.39 is 0 Å². The summed E-state index contributed by atoms with van der Waals surface area (Å²) in [5, 5.41) is 10.5. The van der Waals surface area contributed by atoms with E-state index in [0.29, 0.717) is 5.69 Å². The SMILES string of the molecule is CC1=Nc2ccccc2/C1=C/c1nc(C23CC4CC(CC(C4)C2)C3)oc1O. The van der Waals surface area contributed by atoms with Crippen LogP contribution in [0.3, 0.4) is 0 Å². The summed E-state index contributed by atoms with van der Waals surface area (Å²) in [6, 6.07) is 8.10. The zero-order chi connectivity index (χ0) is 18.2. The van der Waals surface area contributed by atoms with E-state index in [1.54, 1.807) is 0 Å². The third kappa shape index (κ3) is 2.28. The molecule has 1 aliphatic heterocycles. The van der Waals surface area contributed by atoms with Gasteiger partial charge in [-0.15, -0.1) is 0 Å². The van der Waals surface area contributed by atoms with Crippen molar-refractivity contribution in [2.75, 3.05) is 0 Å². The van der Waals surface area contributed by atoms with Crippen LogP contribution in [0.5, 0.6) is 5.95 Å². The van der Waals surface area contributed by atoms with Gasteiger partial charge in [0, 0.05) is 22.3 Å². The second-order valence-electron chi connectivity index (χ2n) is 9.18. The van der Waals surface area contributed by atoms with Crippen molar-refractivity contribution in [3.8, 4) is 5.95 Å². The Morgan fingerprint density at radius 1 is 1.07 bits per heavy atom. The van der Waals surface area contributed by atoms with Crippen molar-refractivity contribution in [3.05, 3.63) is 41.4 Å². The van der Waals surface area contributed by atoms with Crippen LogP contribution < -0.4 is 0 Å². The molecule has 4 nitrogen and oxygen atoms in total. The largest absolute Gasteiger partial charge is 0.479 e. The predicted octanol–water partition coefficient (Wildman–Crippen LogP) is 5.49. The lowest BCUT2D eigenvalue weighted by Gasteiger charge is -2.55. The molecule has 4 heteroatoms. The van der Waals surface area contributed by atoms with Gasteiger partial charge in [0.25, 0.3) is 0 Å². The fourth-order valence-electron chi connectivity index (χ4n) is 6.57. The Hall–Kier alpha value is -2.36. The molecule has 138 valence electrons. The number of aliphatic imine (C=N–C) groups is 1. The fourth-order valence-corrected chi connectivity index (χ4v) is 6.57. The van der Waals surface area contributed by atoms with Gasteiger partial charge in [-0.1, -0.05) is 18.2 Å². The molecular weight excluding hydrogens is 336 g/mol. The average Bonchev–Trinajstić information content (AvgIpc) is 3.15. The normalized spacial score (nSPS) is 34.9. The zero-order valence-corrected chi connectivity index (χ0v) is 15.6. The van der Waals surface area contributed by atoms with E-state index in [9.17, 15) is 5.11 Å². The monoisotopic (exact) mass is 360 g/mol. The summed E-state index contributed by atoms with van der Waals surface area (Å²) in [7, 11) is 0. The number of allylic oxidation sites excluding steroid dienone is 1. The van der Waals surface area contributed by atoms with Crippen LogP contribution in [-0.4, -0.2) is 15.8 Å². The fraction of sp³-hybridized carbons (Fsp3) is 0.478. The minimum atomic E-state index is -0.0505. The van der Waals surface area contributed by atoms with Crippen molar-refractivity contribution in [1.29, 1.82) is 0 Å². The number of aromatic nitrogens is 1. The number of hydrogen-bond donors (Lipinski definition) is 1. The van der Waals surface area contributed by atoms with Gasteiger partial charge in [0.05, 0.1) is 5.69 Å². The summed E-state index contributed by atoms with van der Waals surface area (Å²) in [6.07, 6.45) is 9.63. The molecular formula is C23H24N2O2. The smallest absolute Gasteiger partial charge is 0.310 e. The molecule has 0 saturated heterocycles. The van der Waals surface area contributed by atoms with Gasteiger partial charge in [-0.2, -0.15) is 0 Å². The molecule has 0 unspecified atom stereocenters. The first-order valence-electron chi connectivity index (χ1n) is 10.2. The minimum absolute atomic E-state index is 0.0505. The molecule has 2 heterocycles. The first kappa shape index (κ1) is 15.7. The Labute approximate surface area is 159 Å². The molecule has 1 aromatic carbocycles. The summed E-state index contributed by atoms with van der Waals surface area (Å²) in [5.74, 6) is 3.19. The van der Waals surface area contributed by atoms with Crippen molar-refractivity contribution >= 4 is 23.0 Å². The molecule has 5 aliphatic rings. The van der Waals surface area contributed by atoms with Gasteiger partial charge in [0.15, 0.2) is 0 Å². The van der Waals surface area contributed by atoms with E-state index in [0.717, 1.165) is 46.2 Å². The number of hydrogen-bond acceptors (Lipinski definition) is 4. The molecule has 0 radical (unpaired) electrons. The summed E-state index contributed by atoms with van der Waals surface area (Å²) >= 11 is 0. The van der Waals surface area contributed by atoms with Crippen LogP contribution in [0.25, 0.3) is 11.6 Å². The van der Waals surface area contributed by atoms with E-state index in [4.69, 9.17) is 9.40 Å². The quantitative estimate of drug-likeness (QED) is 0.770. The summed E-state index contributed by atoms with van der Waals surface area (Å²) < 4.78 is 5.89. The Balaban J connectivity index is 1.40. The molecule has 2 aromatic rings. The van der Waals surface area contributed by atoms with Gasteiger partial charge >= 0.3 is 5.95 Å². The highest BCUT2D eigenvalue weighted by Gasteiger charge is 2.54. The van der Waals surface area contributed by atoms with Crippen LogP contribution in [0.1, 0.15) is 62.6 Å². The molecule has 7 rings (SSSR count). The molecule has 4 saturated carbocycles. The number of rotatable bonds is 2. The van der Waals surface area contributed by atoms with Crippen molar-refractivity contribution in [1.82, 2.24) is 4.98 Å². The van der Waals surface area contributed by atoms with Gasteiger partial charge in [0.1, 0.15) is 5.69 Å². The molecule has 1 aromatic heterocycles. The topological polar surface area (TPSA) is 58.6 Å². The van der Waals surface area contributed by atoms with Gasteiger partial charge in [-0.3, -0.25) is 4.99 Å². The molecule has 4 bridgehead atoms. The maximum Gasteiger partial charge on any atom is 0.310 e. The van der Waals surface area contributed by atoms with Crippen molar-refractivity contribution in [3.63, 3.8) is 0 Å². The first-order chi connectivity index (χ1) is 13.1. The summed E-state index contributed by atoms with van der Waals surface area (Å²) in [4.78, 5) is 9.45. The van der Waals surface area contributed by atoms with Crippen LogP contribution in [0.4, 0.5) is 5.69 Å². The van der Waals surface area contributed by atoms with Crippen LogP contribution >= 0.6 is 0 Å². The molecule has 4 fully saturated rings. The summed E-state index contributed by atoms with van der Waals surface area (Å²) in [6.45, 7) is 2.00. The molecule has 1 N–H and O–H groups in total. The summed E-state index contributed by atoms with van der Waals surface area (Å²) in [5.41, 5.74) is 4.64. The highest BCUT2D eigenvalue weighted by molar-refractivity contribution is 6.31. The van der Waals surface area contributed by atoms with Crippen LogP contribution in [-0.2, 0) is 5.41 Å². The number of para-hydroxylation sites is 1. The predicted molar refractivity (Wildman–Crippen MR) is 105 cm³/mol. The van der Waals surface area contributed by atoms with E-state index in [1.165, 1.54) is 38.5 Å². The van der Waals surface area contributed by atoms with E-state index in [1.807, 2.05) is 31.2 Å². The number of nitrogens with zero attached hydrogens (tertiary/aromatic N) is 2. The van der Waals surface area contributed by atoms with Crippen LogP contribution in [0.15, 0.2) is 33.7 Å². The van der Waals surface area contributed by atoms with Crippen LogP contribution in [0.2, 0.25) is 0 Å². The van der Waals surface area contributed by atoms with Crippen LogP contribution in [0, 0.1) is 17.8 Å². The number of oxazole rings is 1. The number of fused-ring (bicyclic) bond motifs is 1. The second-order valence-corrected chi connectivity index (χ2v) is 9.18. The lowest BCUT2D eigenvalue weighted by molar-refractivity contribution is -0.0188. The molecule has 0 amide bonds. The van der Waals surface area contributed by atoms with Gasteiger partial charge in [0.2, 0.25) is 5.89 Å². The highest BCUT2D eigenvalue weighted by atomic mass is 16.5. The Bertz CT molecular complexity index is 962. The Kier molecular flexibility index (Phi) is 3.10. The third-order valence-electron chi connectivity index (χ3n) is 7.28. The number of benzene rings is 1. The maximum atomic E-state index is 10.5. The maximum absolute atomic E-state index is 10.5. The number of aromatic hydroxyl groups is 1. The van der Waals surface area contributed by atoms with Gasteiger partial charge < -0.3 is 9.52 Å². The Morgan fingerprint density at radius 2 is 1.74 bits per heavy atom. The lowest BCUT2D eigenvalue weighted by atomic mass is 9.49. The zero-order valence-electron chi connectivity index (χ0n) is 15.6. The molecule has 0 atom stereocenters. The lowest BCUT2D eigenvalue weighted by Crippen LogP contribution is -2.48. The molecule has 0 spiro atoms. The second kappa shape index (κ2) is 5.34. The van der Waals surface area contributed by atoms with Crippen molar-refractivity contribution in [2.45, 2.75) is 50.9 Å². The van der Waals surface area contributed by atoms with Gasteiger partial charge in [-0.25, -0.2) is 4.98 Å². The average molecular weight is 360 g/mol. The highest BCUT2D eigenvalue weighted by Crippen LogP contribution is 2.60. The third-order valence-corrected chi connectivity index (χ3v) is 7.28. The molecule has 4 aliphatic carbocycles. The van der Waals surface area contributed by atoms with E-state index >= 15 is 0 Å². The first-order valence-corrected chi connectivity index (χ1v) is 10.2. The minimum Gasteiger partial charge on any atom is -0.479 e. The van der Waals surface area contributed by atoms with Crippen molar-refractivity contribution in [2.24, 2.45) is 22.7 Å². The standard InChI is InChI=1S/C23H24N2O2/c1-13-18(17-4-2-3-5-19(17)24-13)9-20-21(26)27-22(25-20)23-10-14-6-15(11-23)8-16(7-14)12-23/h2-5,9,14-16,26H,6-8,10-12H2,1H3/b18-9+. The van der Waals surface area contributed by atoms with Crippen molar-refractivity contribution < 1.29 is 9.52 Å². The molecule has 27 heavy (non-hydrogen) atoms.